The fraction of sp³-hybridized carbons (Fsp3) is 0.278. The first-order valence-electron chi connectivity index (χ1n) is 7.16. The summed E-state index contributed by atoms with van der Waals surface area (Å²) in [5.41, 5.74) is 3.56. The number of rotatable bonds is 6. The van der Waals surface area contributed by atoms with Gasteiger partial charge in [-0.25, -0.2) is 0 Å². The Morgan fingerprint density at radius 3 is 2.59 bits per heavy atom. The Kier molecular flexibility index (Phi) is 5.54. The molecular weight excluding hydrogens is 276 g/mol. The molecule has 0 heterocycles. The summed E-state index contributed by atoms with van der Waals surface area (Å²) in [7, 11) is 1.55. The predicted molar refractivity (Wildman–Crippen MR) is 85.6 cm³/mol. The van der Waals surface area contributed by atoms with Crippen molar-refractivity contribution in [1.29, 1.82) is 5.26 Å². The van der Waals surface area contributed by atoms with Crippen LogP contribution in [0.25, 0.3) is 0 Å². The second kappa shape index (κ2) is 7.60. The number of methoxy groups -OCH3 is 1. The van der Waals surface area contributed by atoms with Crippen LogP contribution >= 0.6 is 0 Å². The van der Waals surface area contributed by atoms with E-state index in [9.17, 15) is 5.11 Å². The SMILES string of the molecule is COc1ccc(CNCC(O)c2ccc(C)cc2)cc1C#N. The van der Waals surface area contributed by atoms with Gasteiger partial charge in [-0.05, 0) is 30.2 Å². The van der Waals surface area contributed by atoms with E-state index in [4.69, 9.17) is 10.00 Å². The molecule has 1 unspecified atom stereocenters. The minimum Gasteiger partial charge on any atom is -0.495 e. The lowest BCUT2D eigenvalue weighted by Crippen LogP contribution is -2.21. The summed E-state index contributed by atoms with van der Waals surface area (Å²) in [6.07, 6.45) is -0.547. The molecule has 22 heavy (non-hydrogen) atoms. The molecule has 0 spiro atoms. The van der Waals surface area contributed by atoms with E-state index in [1.54, 1.807) is 19.2 Å². The molecule has 0 aliphatic carbocycles. The number of aliphatic hydroxyl groups excluding tert-OH is 1. The van der Waals surface area contributed by atoms with E-state index in [0.29, 0.717) is 24.4 Å². The highest BCUT2D eigenvalue weighted by Crippen LogP contribution is 2.19. The average molecular weight is 296 g/mol. The van der Waals surface area contributed by atoms with Crippen LogP contribution in [-0.4, -0.2) is 18.8 Å². The summed E-state index contributed by atoms with van der Waals surface area (Å²) in [4.78, 5) is 0. The van der Waals surface area contributed by atoms with E-state index in [1.807, 2.05) is 37.3 Å². The third kappa shape index (κ3) is 4.08. The van der Waals surface area contributed by atoms with E-state index in [2.05, 4.69) is 11.4 Å². The monoisotopic (exact) mass is 296 g/mol. The maximum atomic E-state index is 10.1. The number of benzene rings is 2. The standard InChI is InChI=1S/C18H20N2O2/c1-13-3-6-15(7-4-13)17(21)12-20-11-14-5-8-18(22-2)16(9-14)10-19/h3-9,17,20-21H,11-12H2,1-2H3. The highest BCUT2D eigenvalue weighted by molar-refractivity contribution is 5.45. The maximum Gasteiger partial charge on any atom is 0.136 e. The minimum atomic E-state index is -0.547. The maximum absolute atomic E-state index is 10.1. The lowest BCUT2D eigenvalue weighted by atomic mass is 10.1. The molecule has 0 aromatic heterocycles. The zero-order chi connectivity index (χ0) is 15.9. The molecule has 0 amide bonds. The number of aryl methyl sites for hydroxylation is 1. The van der Waals surface area contributed by atoms with Crippen molar-refractivity contribution in [2.24, 2.45) is 0 Å². The van der Waals surface area contributed by atoms with Gasteiger partial charge in [-0.3, -0.25) is 0 Å². The van der Waals surface area contributed by atoms with Gasteiger partial charge in [0.15, 0.2) is 0 Å². The van der Waals surface area contributed by atoms with Crippen LogP contribution in [-0.2, 0) is 6.54 Å². The summed E-state index contributed by atoms with van der Waals surface area (Å²) < 4.78 is 5.12. The summed E-state index contributed by atoms with van der Waals surface area (Å²) in [5, 5.41) is 22.4. The third-order valence-electron chi connectivity index (χ3n) is 3.51. The van der Waals surface area contributed by atoms with Crippen molar-refractivity contribution >= 4 is 0 Å². The van der Waals surface area contributed by atoms with Gasteiger partial charge in [0.25, 0.3) is 0 Å². The number of hydrogen-bond donors (Lipinski definition) is 2. The van der Waals surface area contributed by atoms with Crippen LogP contribution in [0.2, 0.25) is 0 Å². The minimum absolute atomic E-state index is 0.455. The smallest absolute Gasteiger partial charge is 0.136 e. The number of nitrogens with zero attached hydrogens (tertiary/aromatic N) is 1. The molecule has 0 aliphatic rings. The van der Waals surface area contributed by atoms with Gasteiger partial charge in [0.1, 0.15) is 11.8 Å². The Morgan fingerprint density at radius 1 is 1.23 bits per heavy atom. The molecule has 4 heteroatoms. The molecule has 0 fully saturated rings. The number of ether oxygens (including phenoxy) is 1. The highest BCUT2D eigenvalue weighted by atomic mass is 16.5. The summed E-state index contributed by atoms with van der Waals surface area (Å²) >= 11 is 0. The van der Waals surface area contributed by atoms with E-state index in [0.717, 1.165) is 11.1 Å². The summed E-state index contributed by atoms with van der Waals surface area (Å²) in [6, 6.07) is 15.4. The van der Waals surface area contributed by atoms with Gasteiger partial charge < -0.3 is 15.2 Å². The van der Waals surface area contributed by atoms with Crippen molar-refractivity contribution < 1.29 is 9.84 Å². The van der Waals surface area contributed by atoms with Crippen molar-refractivity contribution in [3.8, 4) is 11.8 Å². The molecule has 1 atom stereocenters. The van der Waals surface area contributed by atoms with Crippen LogP contribution < -0.4 is 10.1 Å². The van der Waals surface area contributed by atoms with Gasteiger partial charge in [-0.2, -0.15) is 5.26 Å². The van der Waals surface area contributed by atoms with Gasteiger partial charge in [-0.15, -0.1) is 0 Å². The van der Waals surface area contributed by atoms with E-state index in [1.165, 1.54) is 5.56 Å². The van der Waals surface area contributed by atoms with E-state index < -0.39 is 6.10 Å². The zero-order valence-electron chi connectivity index (χ0n) is 12.8. The second-order valence-corrected chi connectivity index (χ2v) is 5.20. The Balaban J connectivity index is 1.91. The molecule has 0 radical (unpaired) electrons. The van der Waals surface area contributed by atoms with Crippen molar-refractivity contribution in [2.45, 2.75) is 19.6 Å². The van der Waals surface area contributed by atoms with Gasteiger partial charge in [0, 0.05) is 13.1 Å². The van der Waals surface area contributed by atoms with Crippen LogP contribution in [0.4, 0.5) is 0 Å². The number of aliphatic hydroxyl groups is 1. The fourth-order valence-corrected chi connectivity index (χ4v) is 2.21. The van der Waals surface area contributed by atoms with Crippen LogP contribution in [0.1, 0.15) is 28.4 Å². The summed E-state index contributed by atoms with van der Waals surface area (Å²) in [6.45, 7) is 3.06. The Bertz CT molecular complexity index is 660. The predicted octanol–water partition coefficient (Wildman–Crippen LogP) is 2.70. The topological polar surface area (TPSA) is 65.3 Å². The Morgan fingerprint density at radius 2 is 1.95 bits per heavy atom. The summed E-state index contributed by atoms with van der Waals surface area (Å²) in [5.74, 6) is 0.575. The van der Waals surface area contributed by atoms with Crippen LogP contribution in [0, 0.1) is 18.3 Å². The average Bonchev–Trinajstić information content (AvgIpc) is 2.55. The van der Waals surface area contributed by atoms with Crippen molar-refractivity contribution in [2.75, 3.05) is 13.7 Å². The van der Waals surface area contributed by atoms with Gasteiger partial charge in [-0.1, -0.05) is 35.9 Å². The number of hydrogen-bond acceptors (Lipinski definition) is 4. The van der Waals surface area contributed by atoms with E-state index in [-0.39, 0.29) is 0 Å². The molecule has 2 rings (SSSR count). The van der Waals surface area contributed by atoms with Crippen molar-refractivity contribution in [3.63, 3.8) is 0 Å². The van der Waals surface area contributed by atoms with Gasteiger partial charge >= 0.3 is 0 Å². The van der Waals surface area contributed by atoms with Crippen LogP contribution in [0.5, 0.6) is 5.75 Å². The molecule has 2 aromatic rings. The first kappa shape index (κ1) is 16.0. The Hall–Kier alpha value is -2.35. The molecule has 0 aliphatic heterocycles. The third-order valence-corrected chi connectivity index (χ3v) is 3.51. The molecule has 4 nitrogen and oxygen atoms in total. The van der Waals surface area contributed by atoms with Gasteiger partial charge in [0.05, 0.1) is 18.8 Å². The number of nitrogens with one attached hydrogen (secondary N) is 1. The molecule has 0 saturated carbocycles. The zero-order valence-corrected chi connectivity index (χ0v) is 12.8. The normalized spacial score (nSPS) is 11.7. The van der Waals surface area contributed by atoms with Crippen LogP contribution in [0.3, 0.4) is 0 Å². The Labute approximate surface area is 131 Å². The lowest BCUT2D eigenvalue weighted by Gasteiger charge is -2.13. The lowest BCUT2D eigenvalue weighted by molar-refractivity contribution is 0.174. The molecular formula is C18H20N2O2. The van der Waals surface area contributed by atoms with Crippen molar-refractivity contribution in [1.82, 2.24) is 5.32 Å². The molecule has 2 N–H and O–H groups in total. The van der Waals surface area contributed by atoms with Crippen LogP contribution in [0.15, 0.2) is 42.5 Å². The first-order valence-corrected chi connectivity index (χ1v) is 7.16. The molecule has 0 saturated heterocycles. The molecule has 114 valence electrons. The van der Waals surface area contributed by atoms with Gasteiger partial charge in [0.2, 0.25) is 0 Å². The quantitative estimate of drug-likeness (QED) is 0.860. The van der Waals surface area contributed by atoms with Crippen molar-refractivity contribution in [3.05, 3.63) is 64.7 Å². The largest absolute Gasteiger partial charge is 0.495 e. The fourth-order valence-electron chi connectivity index (χ4n) is 2.21. The highest BCUT2D eigenvalue weighted by Gasteiger charge is 2.07. The molecule has 2 aromatic carbocycles. The second-order valence-electron chi connectivity index (χ2n) is 5.20. The molecule has 0 bridgehead atoms. The van der Waals surface area contributed by atoms with E-state index >= 15 is 0 Å². The first-order chi connectivity index (χ1) is 10.6. The number of nitriles is 1.